The van der Waals surface area contributed by atoms with Gasteiger partial charge in [0.25, 0.3) is 0 Å². The van der Waals surface area contributed by atoms with Gasteiger partial charge in [-0.2, -0.15) is 13.2 Å². The minimum Gasteiger partial charge on any atom is -0.305 e. The highest BCUT2D eigenvalue weighted by Gasteiger charge is 2.54. The Balaban J connectivity index is 3.67. The lowest BCUT2D eigenvalue weighted by molar-refractivity contribution is -0.137. The third-order valence-electron chi connectivity index (χ3n) is 3.37. The van der Waals surface area contributed by atoms with Crippen molar-refractivity contribution in [2.75, 3.05) is 0 Å². The van der Waals surface area contributed by atoms with Crippen molar-refractivity contribution in [3.63, 3.8) is 0 Å². The average Bonchev–Trinajstić information content (AvgIpc) is 2.56. The molecule has 0 aliphatic carbocycles. The Morgan fingerprint density at radius 1 is 0.750 bits per heavy atom. The molecule has 0 aromatic heterocycles. The quantitative estimate of drug-likeness (QED) is 0.203. The maximum atomic E-state index is 14.0. The third kappa shape index (κ3) is 9.13. The van der Waals surface area contributed by atoms with Crippen molar-refractivity contribution in [2.45, 2.75) is 95.6 Å². The lowest BCUT2D eigenvalue weighted by Gasteiger charge is -2.34. The van der Waals surface area contributed by atoms with Crippen LogP contribution in [0.15, 0.2) is 29.2 Å². The van der Waals surface area contributed by atoms with E-state index in [2.05, 4.69) is 0 Å². The van der Waals surface area contributed by atoms with Crippen LogP contribution in [0.1, 0.15) is 61.0 Å². The lowest BCUT2D eigenvalue weighted by atomic mass is 10.2. The molecular formula is C20H33F3O6P2S. The Hall–Kier alpha value is -0.340. The summed E-state index contributed by atoms with van der Waals surface area (Å²) in [7, 11) is -8.46. The van der Waals surface area contributed by atoms with Crippen LogP contribution in [0.3, 0.4) is 0 Å². The highest BCUT2D eigenvalue weighted by Crippen LogP contribution is 2.76. The van der Waals surface area contributed by atoms with E-state index >= 15 is 0 Å². The van der Waals surface area contributed by atoms with Crippen LogP contribution in [0.25, 0.3) is 0 Å². The van der Waals surface area contributed by atoms with Gasteiger partial charge in [0, 0.05) is 4.90 Å². The fourth-order valence-corrected chi connectivity index (χ4v) is 10.5. The fraction of sp³-hybridized carbons (Fsp3) is 0.700. The number of rotatable bonds is 12. The lowest BCUT2D eigenvalue weighted by Crippen LogP contribution is -2.21. The Kier molecular flexibility index (Phi) is 11.0. The van der Waals surface area contributed by atoms with Crippen LogP contribution in [-0.2, 0) is 33.4 Å². The first-order valence-electron chi connectivity index (χ1n) is 10.3. The molecule has 0 fully saturated rings. The van der Waals surface area contributed by atoms with Crippen LogP contribution in [0.2, 0.25) is 0 Å². The first kappa shape index (κ1) is 29.7. The number of alkyl halides is 3. The van der Waals surface area contributed by atoms with Crippen LogP contribution in [0, 0.1) is 0 Å². The van der Waals surface area contributed by atoms with Crippen molar-refractivity contribution in [1.82, 2.24) is 0 Å². The van der Waals surface area contributed by atoms with Crippen molar-refractivity contribution in [2.24, 2.45) is 0 Å². The van der Waals surface area contributed by atoms with Crippen LogP contribution in [-0.4, -0.2) is 29.1 Å². The van der Waals surface area contributed by atoms with Crippen molar-refractivity contribution >= 4 is 27.0 Å². The predicted octanol–water partition coefficient (Wildman–Crippen LogP) is 8.17. The molecule has 1 aromatic carbocycles. The van der Waals surface area contributed by atoms with Crippen LogP contribution >= 0.6 is 27.0 Å². The first-order chi connectivity index (χ1) is 14.5. The Bertz CT molecular complexity index is 764. The molecule has 186 valence electrons. The zero-order chi connectivity index (χ0) is 24.9. The minimum atomic E-state index is -4.58. The predicted molar refractivity (Wildman–Crippen MR) is 121 cm³/mol. The van der Waals surface area contributed by atoms with Gasteiger partial charge in [-0.05, 0) is 73.6 Å². The minimum absolute atomic E-state index is 0.0738. The molecule has 0 bridgehead atoms. The van der Waals surface area contributed by atoms with Gasteiger partial charge >= 0.3 is 21.4 Å². The monoisotopic (exact) mass is 520 g/mol. The van der Waals surface area contributed by atoms with Gasteiger partial charge in [0.1, 0.15) is 0 Å². The second-order valence-corrected chi connectivity index (χ2v) is 14.5. The summed E-state index contributed by atoms with van der Waals surface area (Å²) >= 11 is 0.675. The number of hydrogen-bond acceptors (Lipinski definition) is 7. The van der Waals surface area contributed by atoms with E-state index in [-0.39, 0.29) is 4.90 Å². The van der Waals surface area contributed by atoms with Gasteiger partial charge in [-0.3, -0.25) is 9.13 Å². The van der Waals surface area contributed by atoms with Gasteiger partial charge in [0.05, 0.1) is 30.0 Å². The van der Waals surface area contributed by atoms with E-state index in [1.54, 1.807) is 55.4 Å². The number of thioether (sulfide) groups is 1. The Morgan fingerprint density at radius 3 is 1.44 bits per heavy atom. The molecule has 0 atom stereocenters. The summed E-state index contributed by atoms with van der Waals surface area (Å²) in [5.41, 5.74) is -0.893. The van der Waals surface area contributed by atoms with Crippen molar-refractivity contribution < 1.29 is 40.4 Å². The van der Waals surface area contributed by atoms with E-state index in [0.29, 0.717) is 11.8 Å². The summed E-state index contributed by atoms with van der Waals surface area (Å²) in [5, 5.41) is 0. The summed E-state index contributed by atoms with van der Waals surface area (Å²) in [6.45, 7) is 13.0. The summed E-state index contributed by atoms with van der Waals surface area (Å²) in [4.78, 5) is 0.0738. The van der Waals surface area contributed by atoms with Crippen LogP contribution < -0.4 is 0 Å². The molecule has 1 rings (SSSR count). The van der Waals surface area contributed by atoms with E-state index in [0.717, 1.165) is 12.1 Å². The number of benzene rings is 1. The highest BCUT2D eigenvalue weighted by atomic mass is 32.2. The Labute approximate surface area is 193 Å². The van der Waals surface area contributed by atoms with Crippen molar-refractivity contribution in [3.8, 4) is 0 Å². The highest BCUT2D eigenvalue weighted by molar-refractivity contribution is 8.12. The topological polar surface area (TPSA) is 71.1 Å². The smallest absolute Gasteiger partial charge is 0.305 e. The fourth-order valence-electron chi connectivity index (χ4n) is 2.60. The van der Waals surface area contributed by atoms with Crippen LogP contribution in [0.5, 0.6) is 0 Å². The first-order valence-corrected chi connectivity index (χ1v) is 14.4. The molecule has 1 aromatic rings. The summed E-state index contributed by atoms with van der Waals surface area (Å²) in [5.74, 6) is 0. The average molecular weight is 520 g/mol. The second-order valence-electron chi connectivity index (χ2n) is 8.17. The molecular weight excluding hydrogens is 487 g/mol. The van der Waals surface area contributed by atoms with Gasteiger partial charge < -0.3 is 18.1 Å². The molecule has 0 radical (unpaired) electrons. The number of halogens is 3. The molecule has 12 heteroatoms. The van der Waals surface area contributed by atoms with Crippen LogP contribution in [0.4, 0.5) is 13.2 Å². The van der Waals surface area contributed by atoms with E-state index in [1.807, 2.05) is 0 Å². The van der Waals surface area contributed by atoms with Gasteiger partial charge in [0.2, 0.25) is 4.73 Å². The van der Waals surface area contributed by atoms with E-state index < -0.39 is 56.1 Å². The normalized spacial score (nSPS) is 13.9. The number of hydrogen-bond donors (Lipinski definition) is 0. The molecule has 0 saturated heterocycles. The van der Waals surface area contributed by atoms with Gasteiger partial charge in [-0.15, -0.1) is 0 Å². The molecule has 0 amide bonds. The van der Waals surface area contributed by atoms with E-state index in [9.17, 15) is 22.3 Å². The second kappa shape index (κ2) is 11.9. The zero-order valence-corrected chi connectivity index (χ0v) is 22.2. The van der Waals surface area contributed by atoms with Gasteiger partial charge in [-0.1, -0.05) is 17.8 Å². The SMILES string of the molecule is CC(C)OP(=O)(OC(C)C)C(Sc1cccc(C(F)(F)F)c1)P(=O)(OC(C)C)OC(C)C. The van der Waals surface area contributed by atoms with Gasteiger partial charge in [0.15, 0.2) is 0 Å². The largest absolute Gasteiger partial charge is 0.416 e. The molecule has 0 aliphatic heterocycles. The molecule has 0 heterocycles. The maximum absolute atomic E-state index is 14.0. The van der Waals surface area contributed by atoms with Crippen molar-refractivity contribution in [3.05, 3.63) is 29.8 Å². The molecule has 0 saturated carbocycles. The molecule has 6 nitrogen and oxygen atoms in total. The van der Waals surface area contributed by atoms with E-state index in [1.165, 1.54) is 12.1 Å². The molecule has 0 aliphatic rings. The molecule has 0 spiro atoms. The summed E-state index contributed by atoms with van der Waals surface area (Å²) < 4.78 is 88.8. The maximum Gasteiger partial charge on any atom is 0.416 e. The van der Waals surface area contributed by atoms with E-state index in [4.69, 9.17) is 18.1 Å². The summed E-state index contributed by atoms with van der Waals surface area (Å²) in [6.07, 6.45) is -6.93. The standard InChI is InChI=1S/C20H33F3O6P2S/c1-13(2)26-30(24,27-14(3)4)19(31(25,28-15(5)6)29-16(7)8)32-18-11-9-10-17(12-18)20(21,22)23/h9-16,19H,1-8H3. The molecule has 0 N–H and O–H groups in total. The van der Waals surface area contributed by atoms with Gasteiger partial charge in [-0.25, -0.2) is 0 Å². The zero-order valence-electron chi connectivity index (χ0n) is 19.6. The molecule has 32 heavy (non-hydrogen) atoms. The van der Waals surface area contributed by atoms with Crippen molar-refractivity contribution in [1.29, 1.82) is 0 Å². The Morgan fingerprint density at radius 2 is 1.12 bits per heavy atom. The molecule has 0 unspecified atom stereocenters. The summed E-state index contributed by atoms with van der Waals surface area (Å²) in [6, 6.07) is 4.43. The third-order valence-corrected chi connectivity index (χ3v) is 11.9.